The number of fused-ring (bicyclic) bond motifs is 1. The normalized spacial score (nSPS) is 14.4. The number of rotatable bonds is 4. The largest absolute Gasteiger partial charge is 0.461 e. The third-order valence-electron chi connectivity index (χ3n) is 5.19. The molecule has 0 radical (unpaired) electrons. The third kappa shape index (κ3) is 4.47. The number of carbonyl (C=O) groups excluding carboxylic acids is 2. The van der Waals surface area contributed by atoms with Gasteiger partial charge in [-0.2, -0.15) is 0 Å². The van der Waals surface area contributed by atoms with Crippen LogP contribution in [0.2, 0.25) is 0 Å². The van der Waals surface area contributed by atoms with E-state index < -0.39 is 5.97 Å². The maximum absolute atomic E-state index is 13.2. The number of aromatic nitrogens is 2. The van der Waals surface area contributed by atoms with Crippen LogP contribution in [0.15, 0.2) is 48.5 Å². The molecule has 0 bridgehead atoms. The number of hydrogen-bond acceptors (Lipinski definition) is 6. The monoisotopic (exact) mass is 422 g/mol. The molecule has 0 atom stereocenters. The van der Waals surface area contributed by atoms with Gasteiger partial charge in [-0.05, 0) is 49.7 Å². The van der Waals surface area contributed by atoms with Gasteiger partial charge in [0.05, 0.1) is 17.6 Å². The van der Waals surface area contributed by atoms with Gasteiger partial charge in [-0.1, -0.05) is 12.1 Å². The molecular weight excluding hydrogens is 399 g/mol. The Morgan fingerprint density at radius 1 is 0.968 bits per heavy atom. The van der Waals surface area contributed by atoms with Crippen molar-refractivity contribution in [1.29, 1.82) is 0 Å². The molecule has 1 fully saturated rings. The quantitative estimate of drug-likeness (QED) is 0.601. The van der Waals surface area contributed by atoms with Crippen molar-refractivity contribution in [2.45, 2.75) is 13.3 Å². The summed E-state index contributed by atoms with van der Waals surface area (Å²) in [6.07, 6.45) is 0.698. The number of halogens is 1. The summed E-state index contributed by atoms with van der Waals surface area (Å²) in [4.78, 5) is 38.3. The summed E-state index contributed by atoms with van der Waals surface area (Å²) >= 11 is 0. The molecule has 1 amide bonds. The molecule has 2 aromatic carbocycles. The molecule has 4 rings (SSSR count). The number of ether oxygens (including phenoxy) is 1. The highest BCUT2D eigenvalue weighted by Crippen LogP contribution is 2.23. The van der Waals surface area contributed by atoms with Crippen LogP contribution in [0, 0.1) is 5.82 Å². The Balaban J connectivity index is 1.59. The van der Waals surface area contributed by atoms with Crippen LogP contribution < -0.4 is 4.90 Å². The van der Waals surface area contributed by atoms with E-state index in [1.165, 1.54) is 24.3 Å². The van der Waals surface area contributed by atoms with E-state index in [9.17, 15) is 14.0 Å². The van der Waals surface area contributed by atoms with Crippen molar-refractivity contribution in [2.24, 2.45) is 0 Å². The van der Waals surface area contributed by atoms with E-state index in [1.54, 1.807) is 17.9 Å². The van der Waals surface area contributed by atoms with Gasteiger partial charge in [0.25, 0.3) is 5.91 Å². The van der Waals surface area contributed by atoms with Gasteiger partial charge in [0.15, 0.2) is 11.5 Å². The van der Waals surface area contributed by atoms with Crippen molar-refractivity contribution in [3.8, 4) is 0 Å². The van der Waals surface area contributed by atoms with Gasteiger partial charge in [0, 0.05) is 31.7 Å². The smallest absolute Gasteiger partial charge is 0.360 e. The maximum atomic E-state index is 13.2. The Labute approximate surface area is 179 Å². The van der Waals surface area contributed by atoms with Gasteiger partial charge >= 0.3 is 5.97 Å². The zero-order valence-electron chi connectivity index (χ0n) is 17.3. The van der Waals surface area contributed by atoms with E-state index >= 15 is 0 Å². The van der Waals surface area contributed by atoms with Gasteiger partial charge < -0.3 is 14.5 Å². The van der Waals surface area contributed by atoms with Crippen LogP contribution in [0.1, 0.15) is 34.2 Å². The molecule has 0 unspecified atom stereocenters. The highest BCUT2D eigenvalue weighted by Gasteiger charge is 2.26. The summed E-state index contributed by atoms with van der Waals surface area (Å²) in [7, 11) is 0. The fourth-order valence-electron chi connectivity index (χ4n) is 3.65. The first-order valence-electron chi connectivity index (χ1n) is 10.3. The Morgan fingerprint density at radius 2 is 1.68 bits per heavy atom. The lowest BCUT2D eigenvalue weighted by Crippen LogP contribution is -2.36. The Bertz CT molecular complexity index is 1100. The molecule has 31 heavy (non-hydrogen) atoms. The van der Waals surface area contributed by atoms with Crippen LogP contribution in [0.5, 0.6) is 0 Å². The average Bonchev–Trinajstić information content (AvgIpc) is 3.04. The molecule has 0 aliphatic carbocycles. The van der Waals surface area contributed by atoms with Crippen molar-refractivity contribution in [2.75, 3.05) is 37.7 Å². The van der Waals surface area contributed by atoms with E-state index in [2.05, 4.69) is 4.98 Å². The average molecular weight is 422 g/mol. The summed E-state index contributed by atoms with van der Waals surface area (Å²) in [6.45, 7) is 4.11. The van der Waals surface area contributed by atoms with Gasteiger partial charge in [-0.15, -0.1) is 0 Å². The summed E-state index contributed by atoms with van der Waals surface area (Å²) in [5, 5.41) is 0. The van der Waals surface area contributed by atoms with Crippen LogP contribution in [0.4, 0.5) is 10.2 Å². The summed E-state index contributed by atoms with van der Waals surface area (Å²) in [6, 6.07) is 12.9. The van der Waals surface area contributed by atoms with E-state index in [-0.39, 0.29) is 24.0 Å². The predicted octanol–water partition coefficient (Wildman–Crippen LogP) is 3.30. The summed E-state index contributed by atoms with van der Waals surface area (Å²) in [5.41, 5.74) is 1.94. The predicted molar refractivity (Wildman–Crippen MR) is 115 cm³/mol. The molecule has 1 aromatic heterocycles. The number of anilines is 1. The minimum Gasteiger partial charge on any atom is -0.461 e. The Hall–Kier alpha value is -3.55. The second-order valence-corrected chi connectivity index (χ2v) is 7.24. The van der Waals surface area contributed by atoms with Gasteiger partial charge in [-0.3, -0.25) is 4.79 Å². The number of para-hydroxylation sites is 2. The first-order chi connectivity index (χ1) is 15.1. The minimum atomic E-state index is -0.515. The molecule has 8 heteroatoms. The topological polar surface area (TPSA) is 75.6 Å². The molecule has 0 N–H and O–H groups in total. The fraction of sp³-hybridized carbons (Fsp3) is 0.304. The van der Waals surface area contributed by atoms with Crippen molar-refractivity contribution < 1.29 is 18.7 Å². The van der Waals surface area contributed by atoms with E-state index in [0.29, 0.717) is 55.0 Å². The van der Waals surface area contributed by atoms with Crippen molar-refractivity contribution >= 4 is 28.7 Å². The third-order valence-corrected chi connectivity index (χ3v) is 5.19. The first kappa shape index (κ1) is 20.7. The zero-order valence-corrected chi connectivity index (χ0v) is 17.3. The number of carbonyl (C=O) groups is 2. The molecule has 1 aliphatic heterocycles. The molecule has 1 aliphatic rings. The van der Waals surface area contributed by atoms with E-state index in [0.717, 1.165) is 0 Å². The van der Waals surface area contributed by atoms with Gasteiger partial charge in [0.1, 0.15) is 5.82 Å². The summed E-state index contributed by atoms with van der Waals surface area (Å²) < 4.78 is 18.4. The lowest BCUT2D eigenvalue weighted by molar-refractivity contribution is 0.0520. The lowest BCUT2D eigenvalue weighted by atomic mass is 10.2. The van der Waals surface area contributed by atoms with Crippen LogP contribution in [-0.4, -0.2) is 59.5 Å². The molecule has 0 saturated carbocycles. The maximum Gasteiger partial charge on any atom is 0.360 e. The van der Waals surface area contributed by atoms with Gasteiger partial charge in [-0.25, -0.2) is 19.2 Å². The van der Waals surface area contributed by atoms with E-state index in [4.69, 9.17) is 9.72 Å². The molecule has 0 spiro atoms. The number of benzene rings is 2. The number of hydrogen-bond donors (Lipinski definition) is 0. The number of amides is 1. The molecule has 160 valence electrons. The zero-order chi connectivity index (χ0) is 21.8. The van der Waals surface area contributed by atoms with Crippen LogP contribution in [0.25, 0.3) is 11.0 Å². The van der Waals surface area contributed by atoms with Crippen LogP contribution in [0.3, 0.4) is 0 Å². The highest BCUT2D eigenvalue weighted by atomic mass is 19.1. The minimum absolute atomic E-state index is 0.142. The van der Waals surface area contributed by atoms with Crippen molar-refractivity contribution in [3.63, 3.8) is 0 Å². The number of esters is 1. The van der Waals surface area contributed by atoms with E-state index in [1.807, 2.05) is 23.1 Å². The highest BCUT2D eigenvalue weighted by molar-refractivity contribution is 5.96. The molecule has 2 heterocycles. The Kier molecular flexibility index (Phi) is 6.06. The molecular formula is C23H23FN4O3. The standard InChI is InChI=1S/C23H23FN4O3/c1-2-31-23(30)20-21(26-19-7-4-3-6-18(19)25-20)27-12-5-13-28(15-14-27)22(29)16-8-10-17(24)11-9-16/h3-4,6-11H,2,5,12-15H2,1H3. The van der Waals surface area contributed by atoms with Crippen molar-refractivity contribution in [1.82, 2.24) is 14.9 Å². The molecule has 3 aromatic rings. The van der Waals surface area contributed by atoms with Crippen molar-refractivity contribution in [3.05, 3.63) is 65.6 Å². The Morgan fingerprint density at radius 3 is 2.39 bits per heavy atom. The van der Waals surface area contributed by atoms with Gasteiger partial charge in [0.2, 0.25) is 0 Å². The SMILES string of the molecule is CCOC(=O)c1nc2ccccc2nc1N1CCCN(C(=O)c2ccc(F)cc2)CC1. The number of nitrogens with zero attached hydrogens (tertiary/aromatic N) is 4. The second kappa shape index (κ2) is 9.07. The summed E-state index contributed by atoms with van der Waals surface area (Å²) in [5.74, 6) is -0.565. The van der Waals surface area contributed by atoms with Crippen LogP contribution in [-0.2, 0) is 4.74 Å². The fourth-order valence-corrected chi connectivity index (χ4v) is 3.65. The lowest BCUT2D eigenvalue weighted by Gasteiger charge is -2.24. The first-order valence-corrected chi connectivity index (χ1v) is 10.3. The molecule has 7 nitrogen and oxygen atoms in total. The van der Waals surface area contributed by atoms with Crippen LogP contribution >= 0.6 is 0 Å². The molecule has 1 saturated heterocycles. The second-order valence-electron chi connectivity index (χ2n) is 7.24.